The van der Waals surface area contributed by atoms with E-state index in [1.54, 1.807) is 36.4 Å². The average molecular weight is 433 g/mol. The van der Waals surface area contributed by atoms with Crippen LogP contribution in [0.15, 0.2) is 42.6 Å². The van der Waals surface area contributed by atoms with E-state index < -0.39 is 33.9 Å². The van der Waals surface area contributed by atoms with E-state index in [-0.39, 0.29) is 18.8 Å². The zero-order chi connectivity index (χ0) is 21.9. The molecule has 0 radical (unpaired) electrons. The van der Waals surface area contributed by atoms with E-state index in [9.17, 15) is 22.8 Å². The van der Waals surface area contributed by atoms with Crippen LogP contribution in [0.2, 0.25) is 0 Å². The van der Waals surface area contributed by atoms with Crippen molar-refractivity contribution in [2.45, 2.75) is 26.0 Å². The molecular weight excluding hydrogens is 414 g/mol. The van der Waals surface area contributed by atoms with Gasteiger partial charge in [-0.25, -0.2) is 13.4 Å². The standard InChI is InChI=1S/C19H19N3O7S/c1-12(23)28-16-9-18(24)22(19(16)25)11-13-3-8-17(20-10-13)29-15-6-4-14(5-7-15)21-30(2,26)27/h3-8,10,16,21H,9,11H2,1-2H3. The Hall–Kier alpha value is -3.47. The van der Waals surface area contributed by atoms with Gasteiger partial charge in [-0.05, 0) is 29.8 Å². The number of sulfonamides is 1. The summed E-state index contributed by atoms with van der Waals surface area (Å²) in [6.07, 6.45) is 1.28. The minimum absolute atomic E-state index is 0.00850. The van der Waals surface area contributed by atoms with Gasteiger partial charge >= 0.3 is 5.97 Å². The van der Waals surface area contributed by atoms with Gasteiger partial charge in [-0.3, -0.25) is 24.0 Å². The van der Waals surface area contributed by atoms with Gasteiger partial charge in [0, 0.05) is 24.9 Å². The molecule has 0 spiro atoms. The fraction of sp³-hybridized carbons (Fsp3) is 0.263. The van der Waals surface area contributed by atoms with Crippen molar-refractivity contribution in [3.05, 3.63) is 48.2 Å². The summed E-state index contributed by atoms with van der Waals surface area (Å²) in [5, 5.41) is 0. The molecule has 2 heterocycles. The molecule has 0 aliphatic carbocycles. The lowest BCUT2D eigenvalue weighted by Crippen LogP contribution is -2.33. The maximum Gasteiger partial charge on any atom is 0.303 e. The second kappa shape index (κ2) is 8.49. The average Bonchev–Trinajstić information content (AvgIpc) is 2.90. The summed E-state index contributed by atoms with van der Waals surface area (Å²) in [6.45, 7) is 1.19. The highest BCUT2D eigenvalue weighted by Gasteiger charge is 2.40. The molecular formula is C19H19N3O7S. The van der Waals surface area contributed by atoms with Crippen molar-refractivity contribution in [2.75, 3.05) is 11.0 Å². The lowest BCUT2D eigenvalue weighted by atomic mass is 10.2. The third-order valence-corrected chi connectivity index (χ3v) is 4.64. The van der Waals surface area contributed by atoms with E-state index >= 15 is 0 Å². The largest absolute Gasteiger partial charge is 0.452 e. The molecule has 1 aromatic heterocycles. The second-order valence-electron chi connectivity index (χ2n) is 6.63. The predicted octanol–water partition coefficient (Wildman–Crippen LogP) is 1.44. The first-order valence-electron chi connectivity index (χ1n) is 8.83. The number of anilines is 1. The second-order valence-corrected chi connectivity index (χ2v) is 8.37. The van der Waals surface area contributed by atoms with Crippen molar-refractivity contribution in [3.8, 4) is 11.6 Å². The summed E-state index contributed by atoms with van der Waals surface area (Å²) in [7, 11) is -3.36. The summed E-state index contributed by atoms with van der Waals surface area (Å²) >= 11 is 0. The predicted molar refractivity (Wildman–Crippen MR) is 105 cm³/mol. The molecule has 2 aromatic rings. The lowest BCUT2D eigenvalue weighted by molar-refractivity contribution is -0.154. The van der Waals surface area contributed by atoms with Crippen LogP contribution in [0.1, 0.15) is 18.9 Å². The molecule has 1 saturated heterocycles. The van der Waals surface area contributed by atoms with Crippen LogP contribution in [0.4, 0.5) is 5.69 Å². The highest BCUT2D eigenvalue weighted by atomic mass is 32.2. The van der Waals surface area contributed by atoms with Crippen molar-refractivity contribution >= 4 is 33.5 Å². The number of carbonyl (C=O) groups excluding carboxylic acids is 3. The number of hydrogen-bond donors (Lipinski definition) is 1. The number of esters is 1. The number of likely N-dealkylation sites (tertiary alicyclic amines) is 1. The highest BCUT2D eigenvalue weighted by Crippen LogP contribution is 2.23. The van der Waals surface area contributed by atoms with Gasteiger partial charge < -0.3 is 9.47 Å². The Bertz CT molecular complexity index is 1070. The Morgan fingerprint density at radius 2 is 1.90 bits per heavy atom. The minimum Gasteiger partial charge on any atom is -0.452 e. The van der Waals surface area contributed by atoms with Gasteiger partial charge in [0.05, 0.1) is 19.2 Å². The Morgan fingerprint density at radius 1 is 1.20 bits per heavy atom. The van der Waals surface area contributed by atoms with Gasteiger partial charge in [0.15, 0.2) is 6.10 Å². The monoisotopic (exact) mass is 433 g/mol. The van der Waals surface area contributed by atoms with Crippen LogP contribution in [0.3, 0.4) is 0 Å². The van der Waals surface area contributed by atoms with Crippen LogP contribution in [0.25, 0.3) is 0 Å². The maximum atomic E-state index is 12.2. The van der Waals surface area contributed by atoms with Crippen LogP contribution < -0.4 is 9.46 Å². The molecule has 0 saturated carbocycles. The van der Waals surface area contributed by atoms with Crippen LogP contribution in [-0.4, -0.2) is 48.4 Å². The molecule has 1 aliphatic rings. The van der Waals surface area contributed by atoms with Gasteiger partial charge in [0.1, 0.15) is 5.75 Å². The van der Waals surface area contributed by atoms with Gasteiger partial charge in [-0.15, -0.1) is 0 Å². The quantitative estimate of drug-likeness (QED) is 0.512. The fourth-order valence-corrected chi connectivity index (χ4v) is 3.35. The summed E-state index contributed by atoms with van der Waals surface area (Å²) in [6, 6.07) is 9.50. The number of aromatic nitrogens is 1. The zero-order valence-corrected chi connectivity index (χ0v) is 17.0. The number of nitrogens with zero attached hydrogens (tertiary/aromatic N) is 2. The molecule has 0 bridgehead atoms. The maximum absolute atomic E-state index is 12.2. The highest BCUT2D eigenvalue weighted by molar-refractivity contribution is 7.92. The zero-order valence-electron chi connectivity index (χ0n) is 16.2. The van der Waals surface area contributed by atoms with Crippen molar-refractivity contribution in [2.24, 2.45) is 0 Å². The number of nitrogens with one attached hydrogen (secondary N) is 1. The van der Waals surface area contributed by atoms with E-state index in [1.807, 2.05) is 0 Å². The van der Waals surface area contributed by atoms with Crippen molar-refractivity contribution in [1.29, 1.82) is 0 Å². The number of carbonyl (C=O) groups is 3. The number of amides is 2. The first-order chi connectivity index (χ1) is 14.1. The van der Waals surface area contributed by atoms with Gasteiger partial charge in [-0.2, -0.15) is 0 Å². The molecule has 1 fully saturated rings. The molecule has 2 amide bonds. The summed E-state index contributed by atoms with van der Waals surface area (Å²) in [5.74, 6) is -0.873. The van der Waals surface area contributed by atoms with Crippen LogP contribution >= 0.6 is 0 Å². The van der Waals surface area contributed by atoms with Crippen molar-refractivity contribution in [1.82, 2.24) is 9.88 Å². The first-order valence-corrected chi connectivity index (χ1v) is 10.7. The molecule has 158 valence electrons. The number of rotatable bonds is 7. The summed E-state index contributed by atoms with van der Waals surface area (Å²) in [5.41, 5.74) is 1.00. The smallest absolute Gasteiger partial charge is 0.303 e. The molecule has 3 rings (SSSR count). The number of pyridine rings is 1. The van der Waals surface area contributed by atoms with Gasteiger partial charge in [0.25, 0.3) is 5.91 Å². The normalized spacial score (nSPS) is 16.5. The molecule has 11 heteroatoms. The minimum atomic E-state index is -3.36. The van der Waals surface area contributed by atoms with Crippen molar-refractivity contribution < 1.29 is 32.3 Å². The third kappa shape index (κ3) is 5.54. The Balaban J connectivity index is 1.61. The van der Waals surface area contributed by atoms with Crippen LogP contribution in [-0.2, 0) is 35.7 Å². The lowest BCUT2D eigenvalue weighted by Gasteiger charge is -2.15. The molecule has 10 nitrogen and oxygen atoms in total. The Kier molecular flexibility index (Phi) is 6.01. The molecule has 1 unspecified atom stereocenters. The third-order valence-electron chi connectivity index (χ3n) is 4.03. The number of imide groups is 1. The Labute approximate surface area is 172 Å². The van der Waals surface area contributed by atoms with Crippen LogP contribution in [0.5, 0.6) is 11.6 Å². The molecule has 1 N–H and O–H groups in total. The molecule has 1 aliphatic heterocycles. The molecule has 30 heavy (non-hydrogen) atoms. The van der Waals surface area contributed by atoms with Gasteiger partial charge in [0.2, 0.25) is 21.8 Å². The summed E-state index contributed by atoms with van der Waals surface area (Å²) in [4.78, 5) is 40.4. The van der Waals surface area contributed by atoms with E-state index in [0.29, 0.717) is 17.0 Å². The number of ether oxygens (including phenoxy) is 2. The van der Waals surface area contributed by atoms with Crippen molar-refractivity contribution in [3.63, 3.8) is 0 Å². The SMILES string of the molecule is CC(=O)OC1CC(=O)N(Cc2ccc(Oc3ccc(NS(C)(=O)=O)cc3)nc2)C1=O. The molecule has 1 aromatic carbocycles. The van der Waals surface area contributed by atoms with Crippen LogP contribution in [0, 0.1) is 0 Å². The molecule has 1 atom stereocenters. The van der Waals surface area contributed by atoms with E-state index in [4.69, 9.17) is 9.47 Å². The fourth-order valence-electron chi connectivity index (χ4n) is 2.78. The van der Waals surface area contributed by atoms with E-state index in [1.165, 1.54) is 13.1 Å². The summed E-state index contributed by atoms with van der Waals surface area (Å²) < 4.78 is 35.2. The van der Waals surface area contributed by atoms with E-state index in [0.717, 1.165) is 11.2 Å². The van der Waals surface area contributed by atoms with E-state index in [2.05, 4.69) is 9.71 Å². The topological polar surface area (TPSA) is 132 Å². The first kappa shape index (κ1) is 21.2. The number of benzene rings is 1. The van der Waals surface area contributed by atoms with Gasteiger partial charge in [-0.1, -0.05) is 6.07 Å². The Morgan fingerprint density at radius 3 is 2.47 bits per heavy atom. The number of hydrogen-bond acceptors (Lipinski definition) is 8.